The first-order chi connectivity index (χ1) is 11.7. The van der Waals surface area contributed by atoms with Gasteiger partial charge >= 0.3 is 0 Å². The van der Waals surface area contributed by atoms with Crippen molar-refractivity contribution in [2.45, 2.75) is 65.6 Å². The molecule has 0 spiro atoms. The molecule has 0 amide bonds. The standard InChI is InChI=1S/C19H26N2O2S2/c1-6-21-17(23)15-12-8-7-11(2)9-13(12)25-16(15)20-18(21)24-10-14(22)19(3,4)5/h11H,6-10H2,1-5H3/t11-/m1/s1. The van der Waals surface area contributed by atoms with Gasteiger partial charge in [0.1, 0.15) is 10.6 Å². The molecule has 0 saturated heterocycles. The summed E-state index contributed by atoms with van der Waals surface area (Å²) < 4.78 is 1.73. The van der Waals surface area contributed by atoms with Gasteiger partial charge < -0.3 is 0 Å². The summed E-state index contributed by atoms with van der Waals surface area (Å²) in [4.78, 5) is 32.3. The Hall–Kier alpha value is -1.14. The van der Waals surface area contributed by atoms with Crippen molar-refractivity contribution >= 4 is 39.1 Å². The van der Waals surface area contributed by atoms with Crippen LogP contribution in [0, 0.1) is 11.3 Å². The van der Waals surface area contributed by atoms with E-state index in [4.69, 9.17) is 4.98 Å². The molecule has 0 aliphatic heterocycles. The highest BCUT2D eigenvalue weighted by molar-refractivity contribution is 7.99. The Morgan fingerprint density at radius 1 is 1.40 bits per heavy atom. The summed E-state index contributed by atoms with van der Waals surface area (Å²) >= 11 is 3.06. The molecule has 2 heterocycles. The van der Waals surface area contributed by atoms with Crippen LogP contribution >= 0.6 is 23.1 Å². The third-order valence-electron chi connectivity index (χ3n) is 4.87. The Balaban J connectivity index is 2.03. The second-order valence-electron chi connectivity index (χ2n) is 7.94. The zero-order valence-electron chi connectivity index (χ0n) is 15.6. The van der Waals surface area contributed by atoms with Gasteiger partial charge in [0, 0.05) is 16.8 Å². The Labute approximate surface area is 157 Å². The predicted molar refractivity (Wildman–Crippen MR) is 106 cm³/mol. The molecular weight excluding hydrogens is 352 g/mol. The van der Waals surface area contributed by atoms with E-state index in [1.165, 1.54) is 22.2 Å². The molecule has 1 aliphatic rings. The Bertz CT molecular complexity index is 874. The number of thiophene rings is 1. The zero-order chi connectivity index (χ0) is 18.4. The first-order valence-electron chi connectivity index (χ1n) is 8.93. The molecule has 25 heavy (non-hydrogen) atoms. The van der Waals surface area contributed by atoms with E-state index in [2.05, 4.69) is 6.92 Å². The van der Waals surface area contributed by atoms with Gasteiger partial charge in [0.15, 0.2) is 5.16 Å². The molecule has 0 bridgehead atoms. The van der Waals surface area contributed by atoms with E-state index in [9.17, 15) is 9.59 Å². The third-order valence-corrected chi connectivity index (χ3v) is 6.99. The average molecular weight is 379 g/mol. The van der Waals surface area contributed by atoms with Crippen molar-refractivity contribution < 1.29 is 4.79 Å². The van der Waals surface area contributed by atoms with Crippen LogP contribution < -0.4 is 5.56 Å². The Kier molecular flexibility index (Phi) is 5.13. The molecule has 2 aromatic heterocycles. The van der Waals surface area contributed by atoms with Crippen molar-refractivity contribution in [3.63, 3.8) is 0 Å². The maximum atomic E-state index is 13.1. The summed E-state index contributed by atoms with van der Waals surface area (Å²) in [6.45, 7) is 10.6. The van der Waals surface area contributed by atoms with Gasteiger partial charge in [0.05, 0.1) is 11.1 Å². The van der Waals surface area contributed by atoms with Gasteiger partial charge in [-0.3, -0.25) is 14.2 Å². The fourth-order valence-electron chi connectivity index (χ4n) is 3.14. The maximum absolute atomic E-state index is 13.1. The lowest BCUT2D eigenvalue weighted by Crippen LogP contribution is -2.25. The van der Waals surface area contributed by atoms with Gasteiger partial charge in [-0.2, -0.15) is 0 Å². The lowest BCUT2D eigenvalue weighted by Gasteiger charge is -2.18. The minimum atomic E-state index is -0.368. The molecule has 1 aliphatic carbocycles. The predicted octanol–water partition coefficient (Wildman–Crippen LogP) is 4.31. The van der Waals surface area contributed by atoms with Crippen LogP contribution in [-0.2, 0) is 24.2 Å². The lowest BCUT2D eigenvalue weighted by atomic mass is 9.89. The summed E-state index contributed by atoms with van der Waals surface area (Å²) in [5.41, 5.74) is 0.914. The van der Waals surface area contributed by atoms with Crippen molar-refractivity contribution in [1.82, 2.24) is 9.55 Å². The summed E-state index contributed by atoms with van der Waals surface area (Å²) in [7, 11) is 0. The van der Waals surface area contributed by atoms with Gasteiger partial charge in [0.25, 0.3) is 5.56 Å². The van der Waals surface area contributed by atoms with Crippen molar-refractivity contribution in [3.8, 4) is 0 Å². The van der Waals surface area contributed by atoms with Crippen LogP contribution in [0.1, 0.15) is 51.5 Å². The van der Waals surface area contributed by atoms with Crippen LogP contribution in [0.3, 0.4) is 0 Å². The maximum Gasteiger partial charge on any atom is 0.263 e. The van der Waals surface area contributed by atoms with Crippen LogP contribution in [-0.4, -0.2) is 21.1 Å². The zero-order valence-corrected chi connectivity index (χ0v) is 17.3. The highest BCUT2D eigenvalue weighted by Crippen LogP contribution is 2.36. The van der Waals surface area contributed by atoms with Crippen molar-refractivity contribution in [2.24, 2.45) is 11.3 Å². The molecule has 1 atom stereocenters. The van der Waals surface area contributed by atoms with Crippen LogP contribution in [0.5, 0.6) is 0 Å². The summed E-state index contributed by atoms with van der Waals surface area (Å²) in [5, 5.41) is 1.49. The summed E-state index contributed by atoms with van der Waals surface area (Å²) in [5.74, 6) is 1.20. The molecule has 136 valence electrons. The number of aromatic nitrogens is 2. The molecule has 0 fully saturated rings. The van der Waals surface area contributed by atoms with E-state index in [0.29, 0.717) is 23.4 Å². The third kappa shape index (κ3) is 3.56. The minimum Gasteiger partial charge on any atom is -0.298 e. The van der Waals surface area contributed by atoms with Crippen LogP contribution in [0.2, 0.25) is 0 Å². The van der Waals surface area contributed by atoms with E-state index < -0.39 is 0 Å². The van der Waals surface area contributed by atoms with Crippen LogP contribution in [0.4, 0.5) is 0 Å². The Morgan fingerprint density at radius 2 is 2.12 bits per heavy atom. The number of ketones is 1. The fraction of sp³-hybridized carbons (Fsp3) is 0.632. The first-order valence-corrected chi connectivity index (χ1v) is 10.7. The molecule has 4 nitrogen and oxygen atoms in total. The highest BCUT2D eigenvalue weighted by atomic mass is 32.2. The van der Waals surface area contributed by atoms with Gasteiger partial charge in [-0.05, 0) is 37.7 Å². The molecule has 0 N–H and O–H groups in total. The van der Waals surface area contributed by atoms with Gasteiger partial charge in [-0.25, -0.2) is 4.98 Å². The van der Waals surface area contributed by atoms with Crippen molar-refractivity contribution in [2.75, 3.05) is 5.75 Å². The average Bonchev–Trinajstić information content (AvgIpc) is 2.89. The van der Waals surface area contributed by atoms with Crippen molar-refractivity contribution in [1.29, 1.82) is 0 Å². The summed E-state index contributed by atoms with van der Waals surface area (Å²) in [6.07, 6.45) is 3.17. The highest BCUT2D eigenvalue weighted by Gasteiger charge is 2.26. The van der Waals surface area contributed by atoms with E-state index in [0.717, 1.165) is 29.5 Å². The molecule has 2 aromatic rings. The summed E-state index contributed by atoms with van der Waals surface area (Å²) in [6, 6.07) is 0. The SMILES string of the molecule is CCn1c(SCC(=O)C(C)(C)C)nc2sc3c(c2c1=O)CC[C@@H](C)C3. The lowest BCUT2D eigenvalue weighted by molar-refractivity contribution is -0.123. The smallest absolute Gasteiger partial charge is 0.263 e. The second kappa shape index (κ2) is 6.88. The molecule has 0 saturated carbocycles. The normalized spacial score (nSPS) is 17.7. The van der Waals surface area contributed by atoms with Gasteiger partial charge in [-0.1, -0.05) is 39.5 Å². The van der Waals surface area contributed by atoms with E-state index in [-0.39, 0.29) is 16.8 Å². The molecule has 0 unspecified atom stereocenters. The number of Topliss-reactive ketones (excluding diaryl/α,β-unsaturated/α-hetero) is 1. The van der Waals surface area contributed by atoms with E-state index in [1.807, 2.05) is 27.7 Å². The Morgan fingerprint density at radius 3 is 2.76 bits per heavy atom. The quantitative estimate of drug-likeness (QED) is 0.588. The minimum absolute atomic E-state index is 0.0604. The number of fused-ring (bicyclic) bond motifs is 3. The van der Waals surface area contributed by atoms with Crippen LogP contribution in [0.25, 0.3) is 10.2 Å². The number of carbonyl (C=O) groups excluding carboxylic acids is 1. The fourth-order valence-corrected chi connectivity index (χ4v) is 5.79. The van der Waals surface area contributed by atoms with Crippen molar-refractivity contribution in [3.05, 3.63) is 20.8 Å². The van der Waals surface area contributed by atoms with E-state index in [1.54, 1.807) is 15.9 Å². The number of aryl methyl sites for hydroxylation is 1. The molecule has 0 radical (unpaired) electrons. The number of nitrogens with zero attached hydrogens (tertiary/aromatic N) is 2. The second-order valence-corrected chi connectivity index (χ2v) is 9.96. The number of rotatable bonds is 4. The molecule has 0 aromatic carbocycles. The van der Waals surface area contributed by atoms with E-state index >= 15 is 0 Å². The topological polar surface area (TPSA) is 52.0 Å². The number of hydrogen-bond acceptors (Lipinski definition) is 5. The van der Waals surface area contributed by atoms with Gasteiger partial charge in [-0.15, -0.1) is 11.3 Å². The first kappa shape index (κ1) is 18.6. The largest absolute Gasteiger partial charge is 0.298 e. The van der Waals surface area contributed by atoms with Gasteiger partial charge in [0.2, 0.25) is 0 Å². The number of hydrogen-bond donors (Lipinski definition) is 0. The molecule has 6 heteroatoms. The number of thioether (sulfide) groups is 1. The molecule has 3 rings (SSSR count). The number of carbonyl (C=O) groups is 1. The molecular formula is C19H26N2O2S2. The van der Waals surface area contributed by atoms with Crippen LogP contribution in [0.15, 0.2) is 9.95 Å². The monoisotopic (exact) mass is 378 g/mol.